The van der Waals surface area contributed by atoms with Crippen molar-refractivity contribution in [2.45, 2.75) is 33.1 Å². The lowest BCUT2D eigenvalue weighted by Gasteiger charge is -2.36. The summed E-state index contributed by atoms with van der Waals surface area (Å²) in [6.45, 7) is 4.75. The molecule has 0 heterocycles. The highest BCUT2D eigenvalue weighted by Gasteiger charge is 2.31. The maximum atomic E-state index is 6.13. The Balaban J connectivity index is 2.00. The van der Waals surface area contributed by atoms with E-state index < -0.39 is 0 Å². The van der Waals surface area contributed by atoms with Crippen LogP contribution in [0.25, 0.3) is 16.3 Å². The van der Waals surface area contributed by atoms with Gasteiger partial charge < -0.3 is 0 Å². The van der Waals surface area contributed by atoms with Gasteiger partial charge in [0.1, 0.15) is 0 Å². The molecule has 2 aliphatic carbocycles. The standard InChI is InChI=1S/C20H19Cl/c1-20(2)11-3-4-18-17-7-5-13-12-14(21)6-8-15(13)16(17)9-10-19(18)20/h3-8,12H,9-11H2,1-2H3. The molecule has 0 saturated carbocycles. The number of aryl methyl sites for hydroxylation is 1. The molecule has 0 N–H and O–H groups in total. The minimum absolute atomic E-state index is 0.302. The van der Waals surface area contributed by atoms with E-state index in [4.69, 9.17) is 11.6 Å². The Morgan fingerprint density at radius 2 is 1.90 bits per heavy atom. The van der Waals surface area contributed by atoms with Crippen molar-refractivity contribution < 1.29 is 0 Å². The summed E-state index contributed by atoms with van der Waals surface area (Å²) < 4.78 is 0. The Morgan fingerprint density at radius 1 is 1.05 bits per heavy atom. The average molecular weight is 295 g/mol. The third-order valence-corrected chi connectivity index (χ3v) is 5.30. The van der Waals surface area contributed by atoms with Crippen LogP contribution in [0.1, 0.15) is 37.8 Å². The van der Waals surface area contributed by atoms with Crippen LogP contribution in [0.3, 0.4) is 0 Å². The van der Waals surface area contributed by atoms with Gasteiger partial charge in [0.15, 0.2) is 0 Å². The Bertz CT molecular complexity index is 806. The molecule has 4 rings (SSSR count). The predicted molar refractivity (Wildman–Crippen MR) is 91.7 cm³/mol. The van der Waals surface area contributed by atoms with Gasteiger partial charge in [0, 0.05) is 5.02 Å². The number of benzene rings is 2. The molecule has 21 heavy (non-hydrogen) atoms. The van der Waals surface area contributed by atoms with Gasteiger partial charge in [-0.2, -0.15) is 0 Å². The highest BCUT2D eigenvalue weighted by atomic mass is 35.5. The van der Waals surface area contributed by atoms with Gasteiger partial charge >= 0.3 is 0 Å². The molecule has 0 unspecified atom stereocenters. The van der Waals surface area contributed by atoms with Crippen molar-refractivity contribution >= 4 is 27.9 Å². The fraction of sp³-hybridized carbons (Fsp3) is 0.300. The predicted octanol–water partition coefficient (Wildman–Crippen LogP) is 6.18. The summed E-state index contributed by atoms with van der Waals surface area (Å²) in [6.07, 6.45) is 8.15. The van der Waals surface area contributed by atoms with Crippen molar-refractivity contribution in [3.8, 4) is 0 Å². The molecule has 2 aliphatic rings. The summed E-state index contributed by atoms with van der Waals surface area (Å²) in [4.78, 5) is 0. The molecule has 1 heteroatoms. The number of allylic oxidation sites excluding steroid dienone is 4. The van der Waals surface area contributed by atoms with Crippen molar-refractivity contribution in [2.75, 3.05) is 0 Å². The van der Waals surface area contributed by atoms with Gasteiger partial charge in [-0.25, -0.2) is 0 Å². The van der Waals surface area contributed by atoms with Crippen LogP contribution in [0.5, 0.6) is 0 Å². The van der Waals surface area contributed by atoms with E-state index >= 15 is 0 Å². The third kappa shape index (κ3) is 1.97. The first kappa shape index (κ1) is 13.2. The smallest absolute Gasteiger partial charge is 0.0412 e. The van der Waals surface area contributed by atoms with Gasteiger partial charge in [0.05, 0.1) is 0 Å². The molecular formula is C20H19Cl. The summed E-state index contributed by atoms with van der Waals surface area (Å²) in [7, 11) is 0. The van der Waals surface area contributed by atoms with Crippen molar-refractivity contribution in [1.82, 2.24) is 0 Å². The number of fused-ring (bicyclic) bond motifs is 4. The minimum atomic E-state index is 0.302. The normalized spacial score (nSPS) is 19.6. The maximum absolute atomic E-state index is 6.13. The summed E-state index contributed by atoms with van der Waals surface area (Å²) in [5.41, 5.74) is 6.31. The monoisotopic (exact) mass is 294 g/mol. The molecule has 2 aromatic carbocycles. The molecule has 0 spiro atoms. The number of halogens is 1. The van der Waals surface area contributed by atoms with Gasteiger partial charge in [0.2, 0.25) is 0 Å². The third-order valence-electron chi connectivity index (χ3n) is 5.06. The molecule has 0 saturated heterocycles. The molecule has 0 atom stereocenters. The van der Waals surface area contributed by atoms with Gasteiger partial charge in [-0.05, 0) is 64.3 Å². The average Bonchev–Trinajstić information content (AvgIpc) is 2.45. The zero-order chi connectivity index (χ0) is 14.6. The quantitative estimate of drug-likeness (QED) is 0.544. The molecular weight excluding hydrogens is 276 g/mol. The van der Waals surface area contributed by atoms with E-state index in [0.717, 1.165) is 17.9 Å². The van der Waals surface area contributed by atoms with E-state index in [-0.39, 0.29) is 0 Å². The fourth-order valence-corrected chi connectivity index (χ4v) is 4.10. The number of hydrogen-bond acceptors (Lipinski definition) is 0. The van der Waals surface area contributed by atoms with Crippen LogP contribution in [0.2, 0.25) is 5.02 Å². The van der Waals surface area contributed by atoms with Gasteiger partial charge in [0.25, 0.3) is 0 Å². The number of hydrogen-bond donors (Lipinski definition) is 0. The second-order valence-corrected chi connectivity index (χ2v) is 7.28. The van der Waals surface area contributed by atoms with Crippen molar-refractivity contribution in [1.29, 1.82) is 0 Å². The van der Waals surface area contributed by atoms with Crippen LogP contribution >= 0.6 is 11.6 Å². The molecule has 0 radical (unpaired) electrons. The molecule has 0 nitrogen and oxygen atoms in total. The Hall–Kier alpha value is -1.53. The minimum Gasteiger partial charge on any atom is -0.0843 e. The van der Waals surface area contributed by atoms with Crippen LogP contribution in [0.15, 0.2) is 48.1 Å². The van der Waals surface area contributed by atoms with Crippen LogP contribution in [0, 0.1) is 5.41 Å². The van der Waals surface area contributed by atoms with Gasteiger partial charge in [-0.15, -0.1) is 0 Å². The fourth-order valence-electron chi connectivity index (χ4n) is 3.92. The van der Waals surface area contributed by atoms with Crippen molar-refractivity contribution in [3.63, 3.8) is 0 Å². The summed E-state index contributed by atoms with van der Waals surface area (Å²) in [5.74, 6) is 0. The van der Waals surface area contributed by atoms with E-state index in [1.165, 1.54) is 33.9 Å². The number of rotatable bonds is 0. The molecule has 0 amide bonds. The van der Waals surface area contributed by atoms with E-state index in [0.29, 0.717) is 5.41 Å². The topological polar surface area (TPSA) is 0 Å². The highest BCUT2D eigenvalue weighted by Crippen LogP contribution is 2.47. The Morgan fingerprint density at radius 3 is 2.76 bits per heavy atom. The van der Waals surface area contributed by atoms with E-state index in [9.17, 15) is 0 Å². The molecule has 0 bridgehead atoms. The second kappa shape index (κ2) is 4.48. The van der Waals surface area contributed by atoms with Crippen molar-refractivity contribution in [3.05, 3.63) is 64.2 Å². The van der Waals surface area contributed by atoms with E-state index in [2.05, 4.69) is 50.3 Å². The summed E-state index contributed by atoms with van der Waals surface area (Å²) >= 11 is 6.13. The van der Waals surface area contributed by atoms with Gasteiger partial charge in [-0.1, -0.05) is 61.4 Å². The largest absolute Gasteiger partial charge is 0.0843 e. The highest BCUT2D eigenvalue weighted by molar-refractivity contribution is 6.31. The first-order valence-electron chi connectivity index (χ1n) is 7.68. The zero-order valence-corrected chi connectivity index (χ0v) is 13.3. The Kier molecular flexibility index (Phi) is 2.81. The van der Waals surface area contributed by atoms with Crippen LogP contribution < -0.4 is 0 Å². The molecule has 0 aromatic heterocycles. The molecule has 0 aliphatic heterocycles. The molecule has 2 aromatic rings. The first-order valence-corrected chi connectivity index (χ1v) is 8.06. The van der Waals surface area contributed by atoms with E-state index in [1.54, 1.807) is 5.57 Å². The summed E-state index contributed by atoms with van der Waals surface area (Å²) in [6, 6.07) is 10.8. The van der Waals surface area contributed by atoms with Gasteiger partial charge in [-0.3, -0.25) is 0 Å². The SMILES string of the molecule is CC1(C)CC=CC2=C1CCc1c2ccc2cc(Cl)ccc12. The molecule has 0 fully saturated rings. The first-order chi connectivity index (χ1) is 10.1. The lowest BCUT2D eigenvalue weighted by molar-refractivity contribution is 0.432. The zero-order valence-electron chi connectivity index (χ0n) is 12.5. The second-order valence-electron chi connectivity index (χ2n) is 6.84. The van der Waals surface area contributed by atoms with Crippen LogP contribution in [-0.2, 0) is 6.42 Å². The lowest BCUT2D eigenvalue weighted by atomic mass is 9.68. The van der Waals surface area contributed by atoms with E-state index in [1.807, 2.05) is 6.07 Å². The van der Waals surface area contributed by atoms with Crippen LogP contribution in [0.4, 0.5) is 0 Å². The maximum Gasteiger partial charge on any atom is 0.0412 e. The van der Waals surface area contributed by atoms with Crippen molar-refractivity contribution in [2.24, 2.45) is 5.41 Å². The Labute approximate surface area is 131 Å². The molecule has 106 valence electrons. The lowest BCUT2D eigenvalue weighted by Crippen LogP contribution is -2.21. The van der Waals surface area contributed by atoms with Crippen LogP contribution in [-0.4, -0.2) is 0 Å². The summed E-state index contributed by atoms with van der Waals surface area (Å²) in [5, 5.41) is 3.43.